The molecule has 0 aliphatic rings. The number of hydrogen-bond donors (Lipinski definition) is 3. The maximum atomic E-state index is 11.5. The van der Waals surface area contributed by atoms with Crippen molar-refractivity contribution in [2.45, 2.75) is 6.42 Å². The maximum absolute atomic E-state index is 11.5. The molecule has 2 amide bonds. The van der Waals surface area contributed by atoms with E-state index in [1.54, 1.807) is 26.4 Å². The molecule has 0 saturated carbocycles. The molecule has 1 aromatic rings. The maximum Gasteiger partial charge on any atom is 0.267 e. The zero-order valence-corrected chi connectivity index (χ0v) is 9.41. The van der Waals surface area contributed by atoms with Gasteiger partial charge in [0, 0.05) is 38.9 Å². The van der Waals surface area contributed by atoms with Crippen molar-refractivity contribution in [3.63, 3.8) is 0 Å². The number of anilines is 1. The van der Waals surface area contributed by atoms with Crippen molar-refractivity contribution < 1.29 is 9.59 Å². The van der Waals surface area contributed by atoms with Crippen LogP contribution in [0.2, 0.25) is 0 Å². The molecular formula is C10H16N4O2. The predicted molar refractivity (Wildman–Crippen MR) is 60.8 cm³/mol. The standard InChI is InChI=1S/C10H16N4O2/c1-14(2)9(15)3-4-12-10(16)8-5-7(11)6-13-8/h5-6,13H,3-4,11H2,1-2H3,(H,12,16). The van der Waals surface area contributed by atoms with Crippen LogP contribution in [0.3, 0.4) is 0 Å². The lowest BCUT2D eigenvalue weighted by Gasteiger charge is -2.10. The second kappa shape index (κ2) is 5.20. The van der Waals surface area contributed by atoms with Crippen LogP contribution in [0.4, 0.5) is 5.69 Å². The summed E-state index contributed by atoms with van der Waals surface area (Å²) >= 11 is 0. The molecular weight excluding hydrogens is 208 g/mol. The highest BCUT2D eigenvalue weighted by atomic mass is 16.2. The van der Waals surface area contributed by atoms with Gasteiger partial charge in [-0.25, -0.2) is 0 Å². The molecule has 0 aliphatic carbocycles. The molecule has 0 radical (unpaired) electrons. The molecule has 1 rings (SSSR count). The molecule has 0 saturated heterocycles. The second-order valence-electron chi connectivity index (χ2n) is 3.64. The molecule has 6 nitrogen and oxygen atoms in total. The summed E-state index contributed by atoms with van der Waals surface area (Å²) in [6, 6.07) is 1.54. The second-order valence-corrected chi connectivity index (χ2v) is 3.64. The minimum absolute atomic E-state index is 0.0219. The van der Waals surface area contributed by atoms with E-state index in [9.17, 15) is 9.59 Å². The van der Waals surface area contributed by atoms with Crippen molar-refractivity contribution in [1.82, 2.24) is 15.2 Å². The Morgan fingerprint density at radius 3 is 2.69 bits per heavy atom. The number of nitrogens with one attached hydrogen (secondary N) is 2. The van der Waals surface area contributed by atoms with Crippen LogP contribution in [0.15, 0.2) is 12.3 Å². The van der Waals surface area contributed by atoms with Gasteiger partial charge in [0.2, 0.25) is 5.91 Å². The van der Waals surface area contributed by atoms with E-state index in [2.05, 4.69) is 10.3 Å². The van der Waals surface area contributed by atoms with Gasteiger partial charge in [0.1, 0.15) is 5.69 Å². The lowest BCUT2D eigenvalue weighted by molar-refractivity contribution is -0.128. The number of nitrogen functional groups attached to an aromatic ring is 1. The Labute approximate surface area is 93.8 Å². The predicted octanol–water partition coefficient (Wildman–Crippen LogP) is -0.195. The monoisotopic (exact) mass is 224 g/mol. The summed E-state index contributed by atoms with van der Waals surface area (Å²) in [6.45, 7) is 0.314. The van der Waals surface area contributed by atoms with Gasteiger partial charge in [-0.05, 0) is 6.07 Å². The summed E-state index contributed by atoms with van der Waals surface area (Å²) < 4.78 is 0. The first-order valence-corrected chi connectivity index (χ1v) is 4.93. The molecule has 0 aromatic carbocycles. The molecule has 88 valence electrons. The highest BCUT2D eigenvalue weighted by molar-refractivity contribution is 5.93. The van der Waals surface area contributed by atoms with Gasteiger partial charge in [-0.2, -0.15) is 0 Å². The number of H-pyrrole nitrogens is 1. The number of carbonyl (C=O) groups is 2. The Balaban J connectivity index is 2.34. The van der Waals surface area contributed by atoms with Crippen LogP contribution in [-0.4, -0.2) is 42.3 Å². The summed E-state index contributed by atoms with van der Waals surface area (Å²) in [6.07, 6.45) is 1.83. The molecule has 0 unspecified atom stereocenters. The summed E-state index contributed by atoms with van der Waals surface area (Å²) in [5.74, 6) is -0.283. The summed E-state index contributed by atoms with van der Waals surface area (Å²) in [7, 11) is 3.35. The van der Waals surface area contributed by atoms with Crippen molar-refractivity contribution >= 4 is 17.5 Å². The van der Waals surface area contributed by atoms with Crippen LogP contribution in [0, 0.1) is 0 Å². The number of carbonyl (C=O) groups excluding carboxylic acids is 2. The van der Waals surface area contributed by atoms with Gasteiger partial charge < -0.3 is 20.9 Å². The molecule has 0 fully saturated rings. The SMILES string of the molecule is CN(C)C(=O)CCNC(=O)c1cc(N)c[nH]1. The number of nitrogens with zero attached hydrogens (tertiary/aromatic N) is 1. The summed E-state index contributed by atoms with van der Waals surface area (Å²) in [4.78, 5) is 26.9. The lowest BCUT2D eigenvalue weighted by Crippen LogP contribution is -2.30. The van der Waals surface area contributed by atoms with E-state index in [1.807, 2.05) is 0 Å². The Hall–Kier alpha value is -1.98. The zero-order valence-electron chi connectivity index (χ0n) is 9.41. The minimum Gasteiger partial charge on any atom is -0.397 e. The fourth-order valence-corrected chi connectivity index (χ4v) is 1.14. The van der Waals surface area contributed by atoms with Gasteiger partial charge in [-0.1, -0.05) is 0 Å². The third-order valence-electron chi connectivity index (χ3n) is 2.07. The average molecular weight is 224 g/mol. The van der Waals surface area contributed by atoms with Gasteiger partial charge >= 0.3 is 0 Å². The summed E-state index contributed by atoms with van der Waals surface area (Å²) in [5.41, 5.74) is 6.37. The number of nitrogens with two attached hydrogens (primary N) is 1. The van der Waals surface area contributed by atoms with Crippen LogP contribution in [-0.2, 0) is 4.79 Å². The number of rotatable bonds is 4. The van der Waals surface area contributed by atoms with E-state index >= 15 is 0 Å². The highest BCUT2D eigenvalue weighted by Gasteiger charge is 2.08. The normalized spacial score (nSPS) is 9.88. The third kappa shape index (κ3) is 3.30. The number of aromatic nitrogens is 1. The molecule has 16 heavy (non-hydrogen) atoms. The van der Waals surface area contributed by atoms with Crippen molar-refractivity contribution in [1.29, 1.82) is 0 Å². The van der Waals surface area contributed by atoms with Crippen molar-refractivity contribution in [2.24, 2.45) is 0 Å². The van der Waals surface area contributed by atoms with E-state index in [0.717, 1.165) is 0 Å². The Kier molecular flexibility index (Phi) is 3.93. The third-order valence-corrected chi connectivity index (χ3v) is 2.07. The molecule has 1 aromatic heterocycles. The molecule has 0 aliphatic heterocycles. The van der Waals surface area contributed by atoms with E-state index in [4.69, 9.17) is 5.73 Å². The van der Waals surface area contributed by atoms with E-state index in [1.165, 1.54) is 4.90 Å². The average Bonchev–Trinajstić information content (AvgIpc) is 2.64. The first-order valence-electron chi connectivity index (χ1n) is 4.93. The van der Waals surface area contributed by atoms with E-state index in [0.29, 0.717) is 17.9 Å². The highest BCUT2D eigenvalue weighted by Crippen LogP contribution is 2.03. The van der Waals surface area contributed by atoms with Crippen molar-refractivity contribution in [3.05, 3.63) is 18.0 Å². The van der Waals surface area contributed by atoms with E-state index < -0.39 is 0 Å². The first kappa shape index (κ1) is 12.1. The van der Waals surface area contributed by atoms with Crippen molar-refractivity contribution in [2.75, 3.05) is 26.4 Å². The zero-order chi connectivity index (χ0) is 12.1. The van der Waals surface area contributed by atoms with Gasteiger partial charge in [0.05, 0.1) is 0 Å². The Morgan fingerprint density at radius 1 is 1.50 bits per heavy atom. The minimum atomic E-state index is -0.261. The lowest BCUT2D eigenvalue weighted by atomic mass is 10.3. The van der Waals surface area contributed by atoms with Gasteiger partial charge in [-0.3, -0.25) is 9.59 Å². The fraction of sp³-hybridized carbons (Fsp3) is 0.400. The van der Waals surface area contributed by atoms with Crippen LogP contribution in [0.1, 0.15) is 16.9 Å². The molecule has 0 bridgehead atoms. The Bertz CT molecular complexity index is 384. The fourth-order valence-electron chi connectivity index (χ4n) is 1.14. The van der Waals surface area contributed by atoms with E-state index in [-0.39, 0.29) is 18.2 Å². The molecule has 0 atom stereocenters. The van der Waals surface area contributed by atoms with Crippen LogP contribution in [0.5, 0.6) is 0 Å². The van der Waals surface area contributed by atoms with Gasteiger partial charge in [0.15, 0.2) is 0 Å². The number of hydrogen-bond acceptors (Lipinski definition) is 3. The molecule has 4 N–H and O–H groups in total. The van der Waals surface area contributed by atoms with Crippen LogP contribution >= 0.6 is 0 Å². The van der Waals surface area contributed by atoms with Crippen LogP contribution in [0.25, 0.3) is 0 Å². The smallest absolute Gasteiger partial charge is 0.267 e. The topological polar surface area (TPSA) is 91.2 Å². The van der Waals surface area contributed by atoms with Crippen molar-refractivity contribution in [3.8, 4) is 0 Å². The number of amides is 2. The van der Waals surface area contributed by atoms with Gasteiger partial charge in [0.25, 0.3) is 5.91 Å². The first-order chi connectivity index (χ1) is 7.50. The Morgan fingerprint density at radius 2 is 2.19 bits per heavy atom. The number of aromatic amines is 1. The largest absolute Gasteiger partial charge is 0.397 e. The molecule has 1 heterocycles. The van der Waals surface area contributed by atoms with Gasteiger partial charge in [-0.15, -0.1) is 0 Å². The van der Waals surface area contributed by atoms with Crippen LogP contribution < -0.4 is 11.1 Å². The molecule has 6 heteroatoms. The quantitative estimate of drug-likeness (QED) is 0.661. The molecule has 0 spiro atoms. The summed E-state index contributed by atoms with van der Waals surface area (Å²) in [5, 5.41) is 2.62.